The third kappa shape index (κ3) is 4.14. The summed E-state index contributed by atoms with van der Waals surface area (Å²) in [5, 5.41) is 5.75. The number of urea groups is 1. The Morgan fingerprint density at radius 2 is 1.85 bits per heavy atom. The number of nitrogens with two attached hydrogens (primary N) is 1. The van der Waals surface area contributed by atoms with Crippen LogP contribution in [0.25, 0.3) is 0 Å². The molecule has 0 bridgehead atoms. The van der Waals surface area contributed by atoms with Crippen molar-refractivity contribution in [3.05, 3.63) is 61.5 Å². The fourth-order valence-corrected chi connectivity index (χ4v) is 5.91. The summed E-state index contributed by atoms with van der Waals surface area (Å²) < 4.78 is 0. The number of hydrogen-bond acceptors (Lipinski definition) is 3. The number of alkyl halides is 1. The van der Waals surface area contributed by atoms with Gasteiger partial charge in [0.15, 0.2) is 0 Å². The monoisotopic (exact) mass is 481 g/mol. The predicted molar refractivity (Wildman–Crippen MR) is 115 cm³/mol. The third-order valence-corrected chi connectivity index (χ3v) is 7.20. The van der Waals surface area contributed by atoms with Gasteiger partial charge in [-0.3, -0.25) is 0 Å². The minimum Gasteiger partial charge on any atom is -0.350 e. The molecule has 2 aromatic rings. The number of carbonyl (C=O) groups is 1. The molecule has 2 aromatic carbocycles. The van der Waals surface area contributed by atoms with Gasteiger partial charge in [0.1, 0.15) is 4.87 Å². The summed E-state index contributed by atoms with van der Waals surface area (Å²) in [5.41, 5.74) is 8.54. The maximum atomic E-state index is 10.9. The Labute approximate surface area is 185 Å². The Balaban J connectivity index is 2.23. The van der Waals surface area contributed by atoms with E-state index in [0.29, 0.717) is 37.0 Å². The molecule has 10 heteroatoms. The number of rotatable bonds is 3. The lowest BCUT2D eigenvalue weighted by atomic mass is 9.80. The van der Waals surface area contributed by atoms with E-state index in [1.807, 2.05) is 0 Å². The Morgan fingerprint density at radius 1 is 1.15 bits per heavy atom. The molecule has 0 saturated carbocycles. The van der Waals surface area contributed by atoms with Crippen molar-refractivity contribution in [1.82, 2.24) is 5.43 Å². The maximum Gasteiger partial charge on any atom is 0.332 e. The van der Waals surface area contributed by atoms with E-state index in [1.54, 1.807) is 30.3 Å². The van der Waals surface area contributed by atoms with Gasteiger partial charge in [-0.05, 0) is 41.5 Å². The summed E-state index contributed by atoms with van der Waals surface area (Å²) in [6.45, 7) is 0. The summed E-state index contributed by atoms with van der Waals surface area (Å²) in [4.78, 5) is 10.6. The molecule has 3 N–H and O–H groups in total. The third-order valence-electron chi connectivity index (χ3n) is 4.07. The smallest absolute Gasteiger partial charge is 0.332 e. The van der Waals surface area contributed by atoms with E-state index in [-0.39, 0.29) is 5.92 Å². The average molecular weight is 484 g/mol. The second kappa shape index (κ2) is 8.27. The van der Waals surface area contributed by atoms with Crippen molar-refractivity contribution in [2.45, 2.75) is 9.77 Å². The van der Waals surface area contributed by atoms with Crippen molar-refractivity contribution in [3.8, 4) is 0 Å². The van der Waals surface area contributed by atoms with Gasteiger partial charge in [0, 0.05) is 37.8 Å². The summed E-state index contributed by atoms with van der Waals surface area (Å²) in [6, 6.07) is 7.69. The number of nitrogens with zero attached hydrogens (tertiary/aromatic N) is 1. The maximum absolute atomic E-state index is 10.9. The van der Waals surface area contributed by atoms with Gasteiger partial charge in [-0.1, -0.05) is 46.4 Å². The Bertz CT molecular complexity index is 939. The van der Waals surface area contributed by atoms with Crippen molar-refractivity contribution in [3.63, 3.8) is 0 Å². The van der Waals surface area contributed by atoms with Crippen LogP contribution in [0.2, 0.25) is 20.1 Å². The number of carbonyl (C=O) groups excluding carboxylic acids is 1. The molecule has 0 radical (unpaired) electrons. The number of hydrogen-bond donors (Lipinski definition) is 2. The molecule has 3 rings (SSSR count). The van der Waals surface area contributed by atoms with E-state index < -0.39 is 10.9 Å². The first-order valence-corrected chi connectivity index (χ1v) is 10.5. The quantitative estimate of drug-likeness (QED) is 0.312. The molecular weight excluding hydrogens is 472 g/mol. The van der Waals surface area contributed by atoms with Crippen molar-refractivity contribution in [2.24, 2.45) is 16.8 Å². The molecule has 0 fully saturated rings. The summed E-state index contributed by atoms with van der Waals surface area (Å²) >= 11 is 34.0. The number of fused-ring (bicyclic) bond motifs is 1. The normalized spacial score (nSPS) is 21.9. The van der Waals surface area contributed by atoms with Gasteiger partial charge in [0.25, 0.3) is 0 Å². The van der Waals surface area contributed by atoms with Crippen LogP contribution in [0.5, 0.6) is 0 Å². The lowest BCUT2D eigenvalue weighted by molar-refractivity contribution is 0.249. The van der Waals surface area contributed by atoms with Gasteiger partial charge >= 0.3 is 6.03 Å². The van der Waals surface area contributed by atoms with Crippen LogP contribution < -0.4 is 11.2 Å². The van der Waals surface area contributed by atoms with Gasteiger partial charge in [-0.2, -0.15) is 5.10 Å². The zero-order valence-corrected chi connectivity index (χ0v) is 18.1. The molecule has 1 aliphatic rings. The first kappa shape index (κ1) is 20.9. The Kier molecular flexibility index (Phi) is 6.41. The molecule has 4 nitrogen and oxygen atoms in total. The highest BCUT2D eigenvalue weighted by Gasteiger charge is 2.46. The number of thioether (sulfide) groups is 1. The minimum atomic E-state index is -1.15. The summed E-state index contributed by atoms with van der Waals surface area (Å²) in [5.74, 6) is 0.166. The van der Waals surface area contributed by atoms with Crippen LogP contribution in [-0.4, -0.2) is 18.0 Å². The average Bonchev–Trinajstić information content (AvgIpc) is 2.59. The molecule has 0 aromatic heterocycles. The van der Waals surface area contributed by atoms with E-state index in [2.05, 4.69) is 10.5 Å². The number of hydrazone groups is 1. The molecule has 0 aliphatic carbocycles. The summed E-state index contributed by atoms with van der Waals surface area (Å²) in [7, 11) is 0. The van der Waals surface area contributed by atoms with Crippen LogP contribution in [0.15, 0.2) is 40.3 Å². The van der Waals surface area contributed by atoms with Crippen molar-refractivity contribution < 1.29 is 4.79 Å². The minimum absolute atomic E-state index is 0.367. The molecule has 1 heterocycles. The molecule has 1 aliphatic heterocycles. The SMILES string of the molecule is NC(=O)NN=CC1CSc2c(Cl)cc(Cl)cc2C1(Cl)c1cc(Cl)ccc1Cl. The second-order valence-corrected chi connectivity index (χ2v) is 9.09. The molecule has 2 atom stereocenters. The van der Waals surface area contributed by atoms with Crippen LogP contribution in [0.1, 0.15) is 11.1 Å². The molecule has 0 saturated heterocycles. The highest BCUT2D eigenvalue weighted by atomic mass is 35.5. The van der Waals surface area contributed by atoms with E-state index in [4.69, 9.17) is 63.7 Å². The Morgan fingerprint density at radius 3 is 2.56 bits per heavy atom. The fraction of sp³-hybridized carbons (Fsp3) is 0.176. The van der Waals surface area contributed by atoms with Gasteiger partial charge in [0.2, 0.25) is 0 Å². The van der Waals surface area contributed by atoms with Crippen LogP contribution in [0.3, 0.4) is 0 Å². The van der Waals surface area contributed by atoms with Crippen LogP contribution >= 0.6 is 69.8 Å². The lowest BCUT2D eigenvalue weighted by Crippen LogP contribution is -2.38. The molecule has 27 heavy (non-hydrogen) atoms. The standard InChI is InChI=1S/C17H12Cl5N3OS/c18-9-1-2-13(20)11(3-9)17(22)8(6-24-25-16(23)26)7-27-15-12(17)4-10(19)5-14(15)21/h1-6,8H,7H2,(H3,23,25,26). The van der Waals surface area contributed by atoms with Crippen LogP contribution in [0.4, 0.5) is 4.79 Å². The molecule has 2 unspecified atom stereocenters. The number of nitrogens with one attached hydrogen (secondary N) is 1. The van der Waals surface area contributed by atoms with Crippen LogP contribution in [-0.2, 0) is 4.87 Å². The molecular formula is C17H12Cl5N3OS. The number of halogens is 5. The zero-order valence-electron chi connectivity index (χ0n) is 13.5. The van der Waals surface area contributed by atoms with Gasteiger partial charge in [-0.15, -0.1) is 23.4 Å². The molecule has 2 amide bonds. The fourth-order valence-electron chi connectivity index (χ4n) is 2.92. The second-order valence-electron chi connectivity index (χ2n) is 5.77. The van der Waals surface area contributed by atoms with Crippen molar-refractivity contribution in [2.75, 3.05) is 5.75 Å². The topological polar surface area (TPSA) is 67.5 Å². The zero-order chi connectivity index (χ0) is 19.8. The van der Waals surface area contributed by atoms with Gasteiger partial charge < -0.3 is 5.73 Å². The van der Waals surface area contributed by atoms with E-state index in [0.717, 1.165) is 4.90 Å². The highest BCUT2D eigenvalue weighted by Crippen LogP contribution is 2.55. The van der Waals surface area contributed by atoms with E-state index in [1.165, 1.54) is 18.0 Å². The molecule has 142 valence electrons. The molecule has 0 spiro atoms. The largest absolute Gasteiger partial charge is 0.350 e. The number of benzene rings is 2. The van der Waals surface area contributed by atoms with Gasteiger partial charge in [-0.25, -0.2) is 10.2 Å². The first-order valence-electron chi connectivity index (χ1n) is 7.59. The predicted octanol–water partition coefficient (Wildman–Crippen LogP) is 6.16. The van der Waals surface area contributed by atoms with Crippen LogP contribution in [0, 0.1) is 5.92 Å². The van der Waals surface area contributed by atoms with Crippen molar-refractivity contribution in [1.29, 1.82) is 0 Å². The number of primary amides is 1. The van der Waals surface area contributed by atoms with Gasteiger partial charge in [0.05, 0.1) is 5.02 Å². The number of amides is 2. The van der Waals surface area contributed by atoms with E-state index in [9.17, 15) is 4.79 Å². The van der Waals surface area contributed by atoms with Crippen molar-refractivity contribution >= 4 is 82.0 Å². The summed E-state index contributed by atoms with van der Waals surface area (Å²) in [6.07, 6.45) is 1.53. The lowest BCUT2D eigenvalue weighted by Gasteiger charge is -2.40. The highest BCUT2D eigenvalue weighted by molar-refractivity contribution is 7.99. The Hall–Kier alpha value is -0.820. The first-order chi connectivity index (χ1) is 12.7. The van der Waals surface area contributed by atoms with E-state index >= 15 is 0 Å².